The highest BCUT2D eigenvalue weighted by atomic mass is 32.1. The lowest BCUT2D eigenvalue weighted by atomic mass is 10.2. The van der Waals surface area contributed by atoms with Crippen LogP contribution in [0.2, 0.25) is 0 Å². The predicted octanol–water partition coefficient (Wildman–Crippen LogP) is 2.75. The fourth-order valence-electron chi connectivity index (χ4n) is 1.70. The first-order valence-electron chi connectivity index (χ1n) is 6.64. The minimum absolute atomic E-state index is 0.0338. The molecule has 0 spiro atoms. The molecule has 0 fully saturated rings. The summed E-state index contributed by atoms with van der Waals surface area (Å²) in [4.78, 5) is 16.1. The Hall–Kier alpha value is -1.99. The zero-order valence-electron chi connectivity index (χ0n) is 12.0. The molecule has 21 heavy (non-hydrogen) atoms. The lowest BCUT2D eigenvalue weighted by molar-refractivity contribution is 0.185. The van der Waals surface area contributed by atoms with Crippen LogP contribution < -0.4 is 10.6 Å². The molecule has 0 radical (unpaired) electrons. The summed E-state index contributed by atoms with van der Waals surface area (Å²) < 4.78 is 9.21. The van der Waals surface area contributed by atoms with Crippen molar-refractivity contribution in [1.29, 1.82) is 0 Å². The number of aromatic nitrogens is 2. The fraction of sp³-hybridized carbons (Fsp3) is 0.357. The molecular formula is C14H18N4O2S. The van der Waals surface area contributed by atoms with E-state index in [9.17, 15) is 4.79 Å². The number of anilines is 1. The summed E-state index contributed by atoms with van der Waals surface area (Å²) in [7, 11) is 1.64. The van der Waals surface area contributed by atoms with Crippen molar-refractivity contribution in [2.75, 3.05) is 19.0 Å². The summed E-state index contributed by atoms with van der Waals surface area (Å²) in [5.74, 6) is 0.614. The van der Waals surface area contributed by atoms with Gasteiger partial charge >= 0.3 is 6.03 Å². The minimum atomic E-state index is -0.283. The van der Waals surface area contributed by atoms with Gasteiger partial charge in [0, 0.05) is 36.9 Å². The Morgan fingerprint density at radius 1 is 1.38 bits per heavy atom. The average molecular weight is 306 g/mol. The maximum atomic E-state index is 11.8. The number of nitrogens with zero attached hydrogens (tertiary/aromatic N) is 2. The molecule has 2 N–H and O–H groups in total. The monoisotopic (exact) mass is 306 g/mol. The van der Waals surface area contributed by atoms with Crippen LogP contribution in [0.15, 0.2) is 30.3 Å². The van der Waals surface area contributed by atoms with Gasteiger partial charge in [-0.25, -0.2) is 4.79 Å². The Morgan fingerprint density at radius 2 is 2.14 bits per heavy atom. The number of carbonyl (C=O) groups excluding carboxylic acids is 1. The molecule has 0 saturated heterocycles. The number of amides is 2. The third-order valence-electron chi connectivity index (χ3n) is 2.81. The lowest BCUT2D eigenvalue weighted by Crippen LogP contribution is -2.36. The van der Waals surface area contributed by atoms with Gasteiger partial charge in [0.1, 0.15) is 0 Å². The van der Waals surface area contributed by atoms with Gasteiger partial charge in [0.25, 0.3) is 0 Å². The Balaban J connectivity index is 1.89. The lowest BCUT2D eigenvalue weighted by Gasteiger charge is -2.12. The van der Waals surface area contributed by atoms with Gasteiger partial charge in [-0.3, -0.25) is 5.32 Å². The van der Waals surface area contributed by atoms with E-state index in [-0.39, 0.29) is 12.1 Å². The Bertz CT molecular complexity index is 573. The smallest absolute Gasteiger partial charge is 0.321 e. The molecule has 0 unspecified atom stereocenters. The predicted molar refractivity (Wildman–Crippen MR) is 83.5 cm³/mol. The average Bonchev–Trinajstić information content (AvgIpc) is 2.94. The van der Waals surface area contributed by atoms with Crippen molar-refractivity contribution < 1.29 is 9.53 Å². The van der Waals surface area contributed by atoms with E-state index in [0.717, 1.165) is 23.5 Å². The molecule has 2 aromatic rings. The van der Waals surface area contributed by atoms with Crippen LogP contribution in [0.3, 0.4) is 0 Å². The highest BCUT2D eigenvalue weighted by Crippen LogP contribution is 2.20. The number of benzene rings is 1. The van der Waals surface area contributed by atoms with E-state index in [0.29, 0.717) is 17.6 Å². The molecule has 7 heteroatoms. The molecule has 1 aromatic heterocycles. The second-order valence-corrected chi connectivity index (χ2v) is 5.32. The number of carbonyl (C=O) groups is 1. The molecule has 0 aliphatic rings. The Morgan fingerprint density at radius 3 is 2.86 bits per heavy atom. The van der Waals surface area contributed by atoms with Gasteiger partial charge in [-0.1, -0.05) is 30.3 Å². The third kappa shape index (κ3) is 4.80. The summed E-state index contributed by atoms with van der Waals surface area (Å²) in [6, 6.07) is 9.39. The summed E-state index contributed by atoms with van der Waals surface area (Å²) >= 11 is 1.16. The maximum absolute atomic E-state index is 11.8. The molecule has 0 aliphatic heterocycles. The number of hydrogen-bond donors (Lipinski definition) is 2. The molecule has 0 bridgehead atoms. The normalized spacial score (nSPS) is 11.9. The molecule has 2 rings (SSSR count). The van der Waals surface area contributed by atoms with E-state index >= 15 is 0 Å². The topological polar surface area (TPSA) is 76.1 Å². The van der Waals surface area contributed by atoms with E-state index in [1.807, 2.05) is 37.3 Å². The fourth-order valence-corrected chi connectivity index (χ4v) is 2.29. The number of nitrogens with one attached hydrogen (secondary N) is 2. The highest BCUT2D eigenvalue weighted by molar-refractivity contribution is 7.10. The Kier molecular flexibility index (Phi) is 5.65. The van der Waals surface area contributed by atoms with Gasteiger partial charge in [-0.05, 0) is 13.3 Å². The van der Waals surface area contributed by atoms with Gasteiger partial charge in [-0.15, -0.1) is 0 Å². The van der Waals surface area contributed by atoms with E-state index < -0.39 is 0 Å². The first-order valence-corrected chi connectivity index (χ1v) is 7.42. The molecular weight excluding hydrogens is 288 g/mol. The van der Waals surface area contributed by atoms with Crippen molar-refractivity contribution in [3.63, 3.8) is 0 Å². The second kappa shape index (κ2) is 7.70. The van der Waals surface area contributed by atoms with Crippen LogP contribution in [0.1, 0.15) is 13.3 Å². The van der Waals surface area contributed by atoms with Crippen molar-refractivity contribution in [1.82, 2.24) is 14.7 Å². The molecule has 0 aliphatic carbocycles. The van der Waals surface area contributed by atoms with E-state index in [1.165, 1.54) is 0 Å². The zero-order chi connectivity index (χ0) is 15.1. The highest BCUT2D eigenvalue weighted by Gasteiger charge is 2.11. The van der Waals surface area contributed by atoms with Gasteiger partial charge in [0.05, 0.1) is 0 Å². The van der Waals surface area contributed by atoms with Crippen molar-refractivity contribution in [3.8, 4) is 11.4 Å². The molecule has 6 nitrogen and oxygen atoms in total. The van der Waals surface area contributed by atoms with Crippen LogP contribution in [0.5, 0.6) is 0 Å². The molecule has 2 amide bonds. The van der Waals surface area contributed by atoms with E-state index in [4.69, 9.17) is 4.74 Å². The van der Waals surface area contributed by atoms with Crippen molar-refractivity contribution in [3.05, 3.63) is 30.3 Å². The van der Waals surface area contributed by atoms with Crippen LogP contribution in [0, 0.1) is 0 Å². The van der Waals surface area contributed by atoms with Gasteiger partial charge in [0.2, 0.25) is 5.13 Å². The number of hydrogen-bond acceptors (Lipinski definition) is 5. The number of urea groups is 1. The largest absolute Gasteiger partial charge is 0.385 e. The standard InChI is InChI=1S/C14H18N4O2S/c1-10(8-9-20-2)15-13(19)17-14-16-12(18-21-14)11-6-4-3-5-7-11/h3-7,10H,8-9H2,1-2H3,(H2,15,16,17,18,19)/t10-/m1/s1. The summed E-state index contributed by atoms with van der Waals surface area (Å²) in [6.45, 7) is 2.53. The maximum Gasteiger partial charge on any atom is 0.321 e. The number of ether oxygens (including phenoxy) is 1. The SMILES string of the molecule is COCC[C@@H](C)NC(=O)Nc1nc(-c2ccccc2)ns1. The molecule has 0 saturated carbocycles. The van der Waals surface area contributed by atoms with Crippen LogP contribution in [0.4, 0.5) is 9.93 Å². The Labute approximate surface area is 127 Å². The molecule has 1 atom stereocenters. The molecule has 112 valence electrons. The minimum Gasteiger partial charge on any atom is -0.385 e. The van der Waals surface area contributed by atoms with Crippen molar-refractivity contribution in [2.45, 2.75) is 19.4 Å². The first-order chi connectivity index (χ1) is 10.2. The van der Waals surface area contributed by atoms with Crippen molar-refractivity contribution >= 4 is 22.7 Å². The van der Waals surface area contributed by atoms with Crippen LogP contribution in [0.25, 0.3) is 11.4 Å². The quantitative estimate of drug-likeness (QED) is 0.860. The second-order valence-electron chi connectivity index (χ2n) is 4.57. The van der Waals surface area contributed by atoms with Gasteiger partial charge < -0.3 is 10.1 Å². The van der Waals surface area contributed by atoms with Crippen LogP contribution in [-0.4, -0.2) is 35.1 Å². The summed E-state index contributed by atoms with van der Waals surface area (Å²) in [6.07, 6.45) is 0.759. The summed E-state index contributed by atoms with van der Waals surface area (Å²) in [5, 5.41) is 5.99. The summed E-state index contributed by atoms with van der Waals surface area (Å²) in [5.41, 5.74) is 0.927. The number of methoxy groups -OCH3 is 1. The van der Waals surface area contributed by atoms with Crippen LogP contribution in [-0.2, 0) is 4.74 Å². The van der Waals surface area contributed by atoms with E-state index in [1.54, 1.807) is 7.11 Å². The van der Waals surface area contributed by atoms with Gasteiger partial charge in [0.15, 0.2) is 5.82 Å². The van der Waals surface area contributed by atoms with Gasteiger partial charge in [-0.2, -0.15) is 9.36 Å². The third-order valence-corrected chi connectivity index (χ3v) is 3.44. The van der Waals surface area contributed by atoms with E-state index in [2.05, 4.69) is 20.0 Å². The zero-order valence-corrected chi connectivity index (χ0v) is 12.8. The first kappa shape index (κ1) is 15.4. The van der Waals surface area contributed by atoms with Crippen molar-refractivity contribution in [2.24, 2.45) is 0 Å². The molecule has 1 aromatic carbocycles. The molecule has 1 heterocycles. The number of rotatable bonds is 6. The van der Waals surface area contributed by atoms with Crippen LogP contribution >= 0.6 is 11.5 Å².